The molecule has 0 heterocycles. The molecule has 0 saturated carbocycles. The third kappa shape index (κ3) is 8.88. The number of hydrogen-bond acceptors (Lipinski definition) is 2. The van der Waals surface area contributed by atoms with Crippen molar-refractivity contribution in [1.82, 2.24) is 5.32 Å². The molecule has 3 N–H and O–H groups in total. The first-order chi connectivity index (χ1) is 7.22. The van der Waals surface area contributed by atoms with E-state index in [9.17, 15) is 0 Å². The highest BCUT2D eigenvalue weighted by Crippen LogP contribution is 2.06. The van der Waals surface area contributed by atoms with Crippen LogP contribution in [0.25, 0.3) is 0 Å². The Morgan fingerprint density at radius 3 is 2.13 bits per heavy atom. The maximum Gasteiger partial charge on any atom is 0.00874 e. The Balaban J connectivity index is 3.22. The zero-order valence-corrected chi connectivity index (χ0v) is 10.9. The second-order valence-corrected chi connectivity index (χ2v) is 4.77. The van der Waals surface area contributed by atoms with Gasteiger partial charge in [0.15, 0.2) is 0 Å². The summed E-state index contributed by atoms with van der Waals surface area (Å²) in [4.78, 5) is 0. The molecule has 0 aliphatic rings. The van der Waals surface area contributed by atoms with Crippen LogP contribution in [0.2, 0.25) is 0 Å². The topological polar surface area (TPSA) is 38.0 Å². The molecule has 0 aromatic rings. The van der Waals surface area contributed by atoms with Crippen molar-refractivity contribution in [1.29, 1.82) is 0 Å². The SMILES string of the molecule is CCC(NCCCCCCCN)C(C)C. The third-order valence-corrected chi connectivity index (χ3v) is 3.03. The fourth-order valence-electron chi connectivity index (χ4n) is 1.94. The van der Waals surface area contributed by atoms with Gasteiger partial charge in [0, 0.05) is 6.04 Å². The van der Waals surface area contributed by atoms with Gasteiger partial charge < -0.3 is 11.1 Å². The van der Waals surface area contributed by atoms with Gasteiger partial charge in [-0.05, 0) is 38.3 Å². The molecule has 0 amide bonds. The molecule has 2 nitrogen and oxygen atoms in total. The molecule has 0 saturated heterocycles. The van der Waals surface area contributed by atoms with E-state index in [1.165, 1.54) is 45.1 Å². The molecule has 92 valence electrons. The van der Waals surface area contributed by atoms with Crippen molar-refractivity contribution < 1.29 is 0 Å². The van der Waals surface area contributed by atoms with Crippen molar-refractivity contribution in [2.45, 2.75) is 65.3 Å². The highest BCUT2D eigenvalue weighted by atomic mass is 14.9. The van der Waals surface area contributed by atoms with E-state index in [0.717, 1.165) is 12.5 Å². The summed E-state index contributed by atoms with van der Waals surface area (Å²) in [6, 6.07) is 0.703. The van der Waals surface area contributed by atoms with Crippen LogP contribution in [0, 0.1) is 5.92 Å². The van der Waals surface area contributed by atoms with Crippen LogP contribution >= 0.6 is 0 Å². The molecule has 2 heteroatoms. The predicted octanol–water partition coefficient (Wildman–Crippen LogP) is 2.92. The highest BCUT2D eigenvalue weighted by Gasteiger charge is 2.08. The Labute approximate surface area is 96.0 Å². The number of nitrogens with two attached hydrogens (primary N) is 1. The fourth-order valence-corrected chi connectivity index (χ4v) is 1.94. The average molecular weight is 214 g/mol. The highest BCUT2D eigenvalue weighted by molar-refractivity contribution is 4.68. The molecule has 1 unspecified atom stereocenters. The minimum absolute atomic E-state index is 0.703. The van der Waals surface area contributed by atoms with E-state index in [4.69, 9.17) is 5.73 Å². The molecule has 0 aliphatic heterocycles. The van der Waals surface area contributed by atoms with Crippen LogP contribution in [-0.4, -0.2) is 19.1 Å². The van der Waals surface area contributed by atoms with Crippen LogP contribution in [0.1, 0.15) is 59.3 Å². The lowest BCUT2D eigenvalue weighted by Crippen LogP contribution is -2.33. The van der Waals surface area contributed by atoms with Crippen molar-refractivity contribution >= 4 is 0 Å². The normalized spacial score (nSPS) is 13.4. The van der Waals surface area contributed by atoms with Crippen LogP contribution in [0.3, 0.4) is 0 Å². The molecule has 0 bridgehead atoms. The Hall–Kier alpha value is -0.0800. The zero-order chi connectivity index (χ0) is 11.5. The van der Waals surface area contributed by atoms with Gasteiger partial charge in [0.05, 0.1) is 0 Å². The summed E-state index contributed by atoms with van der Waals surface area (Å²) in [5.74, 6) is 0.757. The summed E-state index contributed by atoms with van der Waals surface area (Å²) < 4.78 is 0. The van der Waals surface area contributed by atoms with E-state index in [0.29, 0.717) is 6.04 Å². The summed E-state index contributed by atoms with van der Waals surface area (Å²) in [6.45, 7) is 8.88. The summed E-state index contributed by atoms with van der Waals surface area (Å²) in [5.41, 5.74) is 5.45. The molecule has 0 radical (unpaired) electrons. The van der Waals surface area contributed by atoms with Crippen molar-refractivity contribution in [3.8, 4) is 0 Å². The first-order valence-electron chi connectivity index (χ1n) is 6.65. The molecule has 0 rings (SSSR count). The molecule has 0 spiro atoms. The van der Waals surface area contributed by atoms with Gasteiger partial charge in [-0.2, -0.15) is 0 Å². The molecule has 15 heavy (non-hydrogen) atoms. The first-order valence-corrected chi connectivity index (χ1v) is 6.65. The number of hydrogen-bond donors (Lipinski definition) is 2. The minimum Gasteiger partial charge on any atom is -0.330 e. The number of rotatable bonds is 10. The molecule has 1 atom stereocenters. The standard InChI is InChI=1S/C13H30N2/c1-4-13(12(2)3)15-11-9-7-5-6-8-10-14/h12-13,15H,4-11,14H2,1-3H3. The average Bonchev–Trinajstić information content (AvgIpc) is 2.21. The fraction of sp³-hybridized carbons (Fsp3) is 1.00. The van der Waals surface area contributed by atoms with Crippen LogP contribution in [0.5, 0.6) is 0 Å². The van der Waals surface area contributed by atoms with Crippen LogP contribution in [0.15, 0.2) is 0 Å². The van der Waals surface area contributed by atoms with Crippen LogP contribution < -0.4 is 11.1 Å². The van der Waals surface area contributed by atoms with Gasteiger partial charge in [0.1, 0.15) is 0 Å². The Bertz CT molecular complexity index is 124. The van der Waals surface area contributed by atoms with E-state index < -0.39 is 0 Å². The van der Waals surface area contributed by atoms with Gasteiger partial charge in [-0.1, -0.05) is 40.0 Å². The van der Waals surface area contributed by atoms with E-state index in [2.05, 4.69) is 26.1 Å². The second-order valence-electron chi connectivity index (χ2n) is 4.77. The van der Waals surface area contributed by atoms with Crippen LogP contribution in [0.4, 0.5) is 0 Å². The van der Waals surface area contributed by atoms with Crippen molar-refractivity contribution in [2.24, 2.45) is 11.7 Å². The number of nitrogens with one attached hydrogen (secondary N) is 1. The van der Waals surface area contributed by atoms with Gasteiger partial charge in [-0.3, -0.25) is 0 Å². The predicted molar refractivity (Wildman–Crippen MR) is 69.1 cm³/mol. The molecule has 0 aliphatic carbocycles. The Morgan fingerprint density at radius 2 is 1.60 bits per heavy atom. The molecule has 0 fully saturated rings. The van der Waals surface area contributed by atoms with E-state index in [1.54, 1.807) is 0 Å². The lowest BCUT2D eigenvalue weighted by molar-refractivity contribution is 0.383. The van der Waals surface area contributed by atoms with Gasteiger partial charge in [0.2, 0.25) is 0 Å². The zero-order valence-electron chi connectivity index (χ0n) is 10.9. The van der Waals surface area contributed by atoms with E-state index in [-0.39, 0.29) is 0 Å². The summed E-state index contributed by atoms with van der Waals surface area (Å²) in [6.07, 6.45) is 7.74. The summed E-state index contributed by atoms with van der Waals surface area (Å²) >= 11 is 0. The number of unbranched alkanes of at least 4 members (excludes halogenated alkanes) is 4. The lowest BCUT2D eigenvalue weighted by Gasteiger charge is -2.20. The van der Waals surface area contributed by atoms with E-state index >= 15 is 0 Å². The van der Waals surface area contributed by atoms with Gasteiger partial charge in [-0.15, -0.1) is 0 Å². The Morgan fingerprint density at radius 1 is 1.00 bits per heavy atom. The molecular formula is C13H30N2. The summed E-state index contributed by atoms with van der Waals surface area (Å²) in [5, 5.41) is 3.64. The maximum atomic E-state index is 5.45. The summed E-state index contributed by atoms with van der Waals surface area (Å²) in [7, 11) is 0. The molecular weight excluding hydrogens is 184 g/mol. The van der Waals surface area contributed by atoms with Gasteiger partial charge in [-0.25, -0.2) is 0 Å². The first kappa shape index (κ1) is 14.9. The monoisotopic (exact) mass is 214 g/mol. The van der Waals surface area contributed by atoms with E-state index in [1.807, 2.05) is 0 Å². The largest absolute Gasteiger partial charge is 0.330 e. The van der Waals surface area contributed by atoms with Crippen molar-refractivity contribution in [2.75, 3.05) is 13.1 Å². The second kappa shape index (κ2) is 10.4. The Kier molecular flexibility index (Phi) is 10.4. The third-order valence-electron chi connectivity index (χ3n) is 3.03. The maximum absolute atomic E-state index is 5.45. The molecule has 0 aromatic heterocycles. The lowest BCUT2D eigenvalue weighted by atomic mass is 10.0. The smallest absolute Gasteiger partial charge is 0.00874 e. The molecule has 0 aromatic carbocycles. The van der Waals surface area contributed by atoms with Crippen LogP contribution in [-0.2, 0) is 0 Å². The van der Waals surface area contributed by atoms with Gasteiger partial charge >= 0.3 is 0 Å². The minimum atomic E-state index is 0.703. The van der Waals surface area contributed by atoms with Crippen molar-refractivity contribution in [3.05, 3.63) is 0 Å². The quantitative estimate of drug-likeness (QED) is 0.549. The van der Waals surface area contributed by atoms with Crippen molar-refractivity contribution in [3.63, 3.8) is 0 Å². The van der Waals surface area contributed by atoms with Gasteiger partial charge in [0.25, 0.3) is 0 Å².